The van der Waals surface area contributed by atoms with Gasteiger partial charge in [0.25, 0.3) is 20.2 Å². The molecule has 14 nitrogen and oxygen atoms in total. The Morgan fingerprint density at radius 1 is 0.554 bits per heavy atom. The van der Waals surface area contributed by atoms with Crippen LogP contribution in [0.2, 0.25) is 0 Å². The molecule has 0 heterocycles. The van der Waals surface area contributed by atoms with Crippen molar-refractivity contribution in [1.82, 2.24) is 0 Å². The van der Waals surface area contributed by atoms with Gasteiger partial charge in [0, 0.05) is 33.0 Å². The zero-order valence-corrected chi connectivity index (χ0v) is 29.2. The van der Waals surface area contributed by atoms with Crippen LogP contribution in [0.1, 0.15) is 0 Å². The van der Waals surface area contributed by atoms with E-state index in [2.05, 4.69) is 19.7 Å². The number of anilines is 2. The van der Waals surface area contributed by atoms with E-state index in [9.17, 15) is 52.3 Å². The van der Waals surface area contributed by atoms with Crippen molar-refractivity contribution in [3.63, 3.8) is 0 Å². The molecule has 0 saturated carbocycles. The molecule has 0 unspecified atom stereocenters. The second-order valence-corrected chi connectivity index (χ2v) is 14.4. The molecule has 6 aromatic carbocycles. The molecule has 0 spiro atoms. The fourth-order valence-electron chi connectivity index (χ4n) is 6.35. The lowest BCUT2D eigenvalue weighted by atomic mass is 9.92. The number of hydrogen-bond acceptors (Lipinski definition) is 12. The van der Waals surface area contributed by atoms with E-state index in [4.69, 9.17) is 22.5 Å². The maximum Gasteiger partial charge on any atom is 0.573 e. The van der Waals surface area contributed by atoms with Crippen molar-refractivity contribution < 1.29 is 61.8 Å². The normalized spacial score (nSPS) is 12.5. The molecule has 0 atom stereocenters. The maximum absolute atomic E-state index is 14.0. The number of fused-ring (bicyclic) bond motifs is 2. The first-order valence-electron chi connectivity index (χ1n) is 15.2. The number of nitrogens with zero attached hydrogens (tertiary/aromatic N) is 2. The van der Waals surface area contributed by atoms with Crippen molar-refractivity contribution in [2.24, 2.45) is 10.2 Å². The summed E-state index contributed by atoms with van der Waals surface area (Å²) in [6.07, 6.45) is -10.9. The van der Waals surface area contributed by atoms with E-state index in [1.165, 1.54) is 48.5 Å². The van der Waals surface area contributed by atoms with Crippen molar-refractivity contribution in [3.05, 3.63) is 84.9 Å². The molecule has 290 valence electrons. The molecule has 0 bridgehead atoms. The third-order valence-corrected chi connectivity index (χ3v) is 10.2. The first-order chi connectivity index (χ1) is 26.1. The van der Waals surface area contributed by atoms with Crippen LogP contribution in [0.25, 0.3) is 54.9 Å². The molecule has 0 radical (unpaired) electrons. The number of rotatable bonds is 9. The van der Waals surface area contributed by atoms with E-state index < -0.39 is 99.3 Å². The third-order valence-electron chi connectivity index (χ3n) is 8.39. The van der Waals surface area contributed by atoms with Gasteiger partial charge in [-0.2, -0.15) is 27.1 Å². The fourth-order valence-corrected chi connectivity index (χ4v) is 8.10. The summed E-state index contributed by atoms with van der Waals surface area (Å²) in [6.45, 7) is 0. The van der Waals surface area contributed by atoms with Crippen LogP contribution >= 0.6 is 0 Å². The van der Waals surface area contributed by atoms with E-state index in [1.807, 2.05) is 0 Å². The summed E-state index contributed by atoms with van der Waals surface area (Å²) >= 11 is 0. The van der Waals surface area contributed by atoms with Crippen LogP contribution in [-0.4, -0.2) is 38.7 Å². The molecule has 6 aromatic rings. The average Bonchev–Trinajstić information content (AvgIpc) is 3.10. The van der Waals surface area contributed by atoms with Gasteiger partial charge in [0.15, 0.2) is 0 Å². The van der Waals surface area contributed by atoms with Gasteiger partial charge >= 0.3 is 12.7 Å². The maximum atomic E-state index is 14.0. The van der Waals surface area contributed by atoms with Crippen molar-refractivity contribution in [1.29, 1.82) is 11.1 Å². The first-order valence-corrected chi connectivity index (χ1v) is 18.1. The van der Waals surface area contributed by atoms with E-state index in [0.717, 1.165) is 24.3 Å². The topological polar surface area (TPSA) is 252 Å². The van der Waals surface area contributed by atoms with Gasteiger partial charge in [0.1, 0.15) is 32.7 Å². The average molecular weight is 821 g/mol. The monoisotopic (exact) mass is 820 g/mol. The first kappa shape index (κ1) is 39.3. The zero-order valence-electron chi connectivity index (χ0n) is 27.6. The van der Waals surface area contributed by atoms with Crippen LogP contribution in [0.4, 0.5) is 49.1 Å². The zero-order chi connectivity index (χ0) is 41.1. The van der Waals surface area contributed by atoms with Gasteiger partial charge in [-0.1, -0.05) is 60.7 Å². The highest BCUT2D eigenvalue weighted by Crippen LogP contribution is 2.51. The quantitative estimate of drug-likeness (QED) is 0.0348. The summed E-state index contributed by atoms with van der Waals surface area (Å²) in [5.74, 6) is -2.26. The van der Waals surface area contributed by atoms with Crippen molar-refractivity contribution in [3.8, 4) is 44.9 Å². The minimum atomic E-state index is -5.46. The lowest BCUT2D eigenvalue weighted by molar-refractivity contribution is -0.275. The fraction of sp³-hybridized carbons (Fsp3) is 0.0588. The largest absolute Gasteiger partial charge is 0.573 e. The Morgan fingerprint density at radius 2 is 0.875 bits per heavy atom. The minimum absolute atomic E-state index is 0.0216. The molecule has 0 saturated heterocycles. The van der Waals surface area contributed by atoms with E-state index >= 15 is 0 Å². The van der Waals surface area contributed by atoms with E-state index in [1.54, 1.807) is 0 Å². The van der Waals surface area contributed by atoms with Gasteiger partial charge in [-0.15, -0.1) is 26.3 Å². The highest BCUT2D eigenvalue weighted by atomic mass is 32.2. The Morgan fingerprint density at radius 3 is 1.16 bits per heavy atom. The van der Waals surface area contributed by atoms with Gasteiger partial charge in [-0.05, 0) is 46.2 Å². The Bertz CT molecular complexity index is 2680. The number of alkyl halides is 6. The van der Waals surface area contributed by atoms with Crippen LogP contribution in [-0.2, 0) is 20.2 Å². The van der Waals surface area contributed by atoms with Crippen LogP contribution < -0.4 is 20.9 Å². The summed E-state index contributed by atoms with van der Waals surface area (Å²) in [4.78, 5) is -2.28. The molecule has 0 aliphatic heterocycles. The molecule has 8 N–H and O–H groups in total. The highest BCUT2D eigenvalue weighted by molar-refractivity contribution is 7.86. The molecular formula is C34H22F6N6O8S2. The Balaban J connectivity index is 1.68. The smallest absolute Gasteiger partial charge is 0.405 e. The van der Waals surface area contributed by atoms with Crippen molar-refractivity contribution in [2.75, 3.05) is 11.5 Å². The Hall–Kier alpha value is -6.36. The summed E-state index contributed by atoms with van der Waals surface area (Å²) < 4.78 is 164. The lowest BCUT2D eigenvalue weighted by Crippen LogP contribution is -2.18. The van der Waals surface area contributed by atoms with Crippen LogP contribution in [0.15, 0.2) is 105 Å². The van der Waals surface area contributed by atoms with Gasteiger partial charge in [0.05, 0.1) is 11.4 Å². The number of hydrogen-bond donors (Lipinski definition) is 6. The van der Waals surface area contributed by atoms with Gasteiger partial charge in [-0.25, -0.2) is 11.1 Å². The lowest BCUT2D eigenvalue weighted by Gasteiger charge is -2.21. The molecule has 56 heavy (non-hydrogen) atoms. The molecule has 22 heteroatoms. The molecule has 0 fully saturated rings. The third kappa shape index (κ3) is 7.24. The minimum Gasteiger partial charge on any atom is -0.405 e. The van der Waals surface area contributed by atoms with Crippen LogP contribution in [0, 0.1) is 11.1 Å². The number of nitrogens with one attached hydrogen (secondary N) is 2. The van der Waals surface area contributed by atoms with Gasteiger partial charge in [0.2, 0.25) is 0 Å². The number of benzene rings is 6. The molecule has 0 amide bonds. The predicted octanol–water partition coefficient (Wildman–Crippen LogP) is 9.77. The standard InChI is InChI=1S/C34H22F6N6O8S2/c35-33(36,37)53-23-13-15(9-11-21(23)25-17-5-1-3-7-19(17)27(41)29(45-43)31(25)55(47,48)49)16-10-12-22(24(14-16)54-34(38,39)40)26-18-6-2-4-8-20(18)28(42)30(46-44)32(26)56(50,51)52/h1-14,43-44H,41-42H2,(H,47,48,49)(H,50,51,52). The summed E-state index contributed by atoms with van der Waals surface area (Å²) in [7, 11) is -10.8. The van der Waals surface area contributed by atoms with E-state index in [-0.39, 0.29) is 32.7 Å². The summed E-state index contributed by atoms with van der Waals surface area (Å²) in [5, 5.41) is 6.01. The van der Waals surface area contributed by atoms with Crippen LogP contribution in [0.3, 0.4) is 0 Å². The number of ether oxygens (including phenoxy) is 2. The Kier molecular flexibility index (Phi) is 9.65. The SMILES string of the molecule is N=Nc1c(S(=O)(=O)O)c(-c2ccc(-c3ccc(-c4c(S(=O)(=O)O)c(N=N)c(N)c5ccccc45)c(OC(F)(F)F)c3)cc2OC(F)(F)F)c2ccccc2c1N. The van der Waals surface area contributed by atoms with Gasteiger partial charge < -0.3 is 20.9 Å². The Labute approximate surface area is 310 Å². The predicted molar refractivity (Wildman–Crippen MR) is 189 cm³/mol. The van der Waals surface area contributed by atoms with E-state index in [0.29, 0.717) is 12.1 Å². The highest BCUT2D eigenvalue weighted by Gasteiger charge is 2.37. The molecule has 0 aliphatic rings. The van der Waals surface area contributed by atoms with Crippen LogP contribution in [0.5, 0.6) is 11.5 Å². The molecule has 6 rings (SSSR count). The number of nitrogen functional groups attached to an aromatic ring is 2. The second kappa shape index (κ2) is 13.7. The summed E-state index contributed by atoms with van der Waals surface area (Å²) in [5.41, 5.74) is 21.7. The van der Waals surface area contributed by atoms with Gasteiger partial charge in [-0.3, -0.25) is 9.11 Å². The molecule has 0 aliphatic carbocycles. The molecule has 0 aromatic heterocycles. The van der Waals surface area contributed by atoms with Crippen molar-refractivity contribution >= 4 is 64.5 Å². The molecular weight excluding hydrogens is 799 g/mol. The van der Waals surface area contributed by atoms with Crippen molar-refractivity contribution in [2.45, 2.75) is 22.5 Å². The number of halogens is 6. The summed E-state index contributed by atoms with van der Waals surface area (Å²) in [6, 6.07) is 16.1. The number of nitrogens with two attached hydrogens (primary N) is 2. The second-order valence-electron chi connectivity index (χ2n) is 11.7.